The normalized spacial score (nSPS) is 11.6. The lowest BCUT2D eigenvalue weighted by atomic mass is 10.2. The van der Waals surface area contributed by atoms with E-state index in [2.05, 4.69) is 25.3 Å². The number of aryl methyl sites for hydroxylation is 2. The maximum atomic E-state index is 12.5. The van der Waals surface area contributed by atoms with Gasteiger partial charge in [0, 0.05) is 12.4 Å². The molecule has 1 amide bonds. The molecule has 0 aliphatic heterocycles. The van der Waals surface area contributed by atoms with E-state index in [0.717, 1.165) is 12.1 Å². The number of amides is 1. The maximum absolute atomic E-state index is 12.5. The number of nitrogens with zero attached hydrogens (tertiary/aromatic N) is 4. The van der Waals surface area contributed by atoms with Crippen LogP contribution in [0, 0.1) is 13.8 Å². The first kappa shape index (κ1) is 20.0. The second kappa shape index (κ2) is 9.42. The molecule has 2 aromatic heterocycles. The van der Waals surface area contributed by atoms with Crippen molar-refractivity contribution in [3.05, 3.63) is 59.3 Å². The Morgan fingerprint density at radius 2 is 1.93 bits per heavy atom. The number of aromatic nitrogens is 4. The van der Waals surface area contributed by atoms with E-state index in [9.17, 15) is 4.79 Å². The van der Waals surface area contributed by atoms with Crippen molar-refractivity contribution in [1.29, 1.82) is 0 Å². The smallest absolute Gasteiger partial charge is 0.274 e. The lowest BCUT2D eigenvalue weighted by Gasteiger charge is -2.12. The van der Waals surface area contributed by atoms with Gasteiger partial charge in [0.15, 0.2) is 11.5 Å². The van der Waals surface area contributed by atoms with Crippen molar-refractivity contribution in [3.63, 3.8) is 0 Å². The van der Waals surface area contributed by atoms with Gasteiger partial charge in [-0.25, -0.2) is 9.97 Å². The summed E-state index contributed by atoms with van der Waals surface area (Å²) in [4.78, 5) is 29.5. The molecule has 142 valence electrons. The topological polar surface area (TPSA) is 116 Å². The molecule has 0 aliphatic carbocycles. The third kappa shape index (κ3) is 5.10. The lowest BCUT2D eigenvalue weighted by molar-refractivity contribution is 0.0945. The molecule has 0 fully saturated rings. The average Bonchev–Trinajstić information content (AvgIpc) is 2.66. The number of nitrogens with two attached hydrogens (primary N) is 1. The van der Waals surface area contributed by atoms with Gasteiger partial charge in [-0.2, -0.15) is 0 Å². The van der Waals surface area contributed by atoms with Gasteiger partial charge in [0.2, 0.25) is 0 Å². The number of carbonyl (C=O) groups is 1. The number of rotatable bonds is 7. The Kier molecular flexibility index (Phi) is 6.99. The third-order valence-electron chi connectivity index (χ3n) is 3.67. The summed E-state index contributed by atoms with van der Waals surface area (Å²) in [6.45, 7) is 7.65. The summed E-state index contributed by atoms with van der Waals surface area (Å²) in [6.07, 6.45) is 9.15. The monoisotopic (exact) mass is 368 g/mol. The number of nitrogen functional groups attached to an aromatic ring is 1. The Bertz CT molecular complexity index is 876. The van der Waals surface area contributed by atoms with Crippen molar-refractivity contribution in [2.24, 2.45) is 0 Å². The first-order valence-corrected chi connectivity index (χ1v) is 8.65. The van der Waals surface area contributed by atoms with Gasteiger partial charge in [0.05, 0.1) is 29.9 Å². The van der Waals surface area contributed by atoms with Gasteiger partial charge in [-0.15, -0.1) is 0 Å². The van der Waals surface area contributed by atoms with Crippen LogP contribution in [0.1, 0.15) is 53.5 Å². The Morgan fingerprint density at radius 1 is 1.19 bits per heavy atom. The molecular formula is C19H24N6O2. The summed E-state index contributed by atoms with van der Waals surface area (Å²) in [5, 5.41) is 2.75. The molecule has 0 unspecified atom stereocenters. The predicted molar refractivity (Wildman–Crippen MR) is 103 cm³/mol. The second-order valence-electron chi connectivity index (χ2n) is 5.73. The fraction of sp³-hybridized carbons (Fsp3) is 0.316. The molecule has 0 saturated heterocycles. The van der Waals surface area contributed by atoms with E-state index in [1.165, 1.54) is 0 Å². The molecule has 27 heavy (non-hydrogen) atoms. The maximum Gasteiger partial charge on any atom is 0.274 e. The van der Waals surface area contributed by atoms with Crippen molar-refractivity contribution in [2.75, 3.05) is 5.73 Å². The van der Waals surface area contributed by atoms with E-state index in [1.54, 1.807) is 31.7 Å². The standard InChI is InChI=1S/C19H24N6O2/c1-5-7-15(27-10-6-2)16-13(4)24-17(18(20)25-16)19(26)23-11-14-12(3)21-8-9-22-14/h6-10H,5,11H2,1-4H3,(H2,20,25)(H,23,26)/b10-6-,15-7+. The average molecular weight is 368 g/mol. The molecule has 8 nitrogen and oxygen atoms in total. The number of nitrogens with one attached hydrogen (secondary N) is 1. The highest BCUT2D eigenvalue weighted by atomic mass is 16.5. The first-order valence-electron chi connectivity index (χ1n) is 8.65. The van der Waals surface area contributed by atoms with Crippen molar-refractivity contribution >= 4 is 17.5 Å². The number of ether oxygens (including phenoxy) is 1. The SMILES string of the molecule is C/C=C\O/C(=C/CC)c1nc(N)c(C(=O)NCc2nccnc2C)nc1C. The minimum Gasteiger partial charge on any atom is -0.463 e. The second-order valence-corrected chi connectivity index (χ2v) is 5.73. The molecule has 8 heteroatoms. The van der Waals surface area contributed by atoms with Crippen molar-refractivity contribution in [2.45, 2.75) is 40.7 Å². The minimum absolute atomic E-state index is 0.0371. The van der Waals surface area contributed by atoms with E-state index in [-0.39, 0.29) is 18.1 Å². The van der Waals surface area contributed by atoms with E-state index in [0.29, 0.717) is 22.8 Å². The van der Waals surface area contributed by atoms with Crippen LogP contribution >= 0.6 is 0 Å². The number of hydrogen-bond donors (Lipinski definition) is 2. The van der Waals surface area contributed by atoms with Crippen LogP contribution in [-0.4, -0.2) is 25.8 Å². The van der Waals surface area contributed by atoms with Gasteiger partial charge in [0.1, 0.15) is 11.5 Å². The van der Waals surface area contributed by atoms with Gasteiger partial charge in [0.25, 0.3) is 5.91 Å². The molecule has 3 N–H and O–H groups in total. The third-order valence-corrected chi connectivity index (χ3v) is 3.67. The van der Waals surface area contributed by atoms with Gasteiger partial charge in [-0.3, -0.25) is 14.8 Å². The van der Waals surface area contributed by atoms with Gasteiger partial charge in [-0.05, 0) is 33.3 Å². The highest BCUT2D eigenvalue weighted by Crippen LogP contribution is 2.21. The van der Waals surface area contributed by atoms with Crippen LogP contribution < -0.4 is 11.1 Å². The Hall–Kier alpha value is -3.29. The zero-order valence-electron chi connectivity index (χ0n) is 16.0. The molecule has 0 saturated carbocycles. The summed E-state index contributed by atoms with van der Waals surface area (Å²) in [5.74, 6) is 0.166. The Balaban J connectivity index is 2.23. The zero-order chi connectivity index (χ0) is 19.8. The number of anilines is 1. The Labute approximate surface area is 158 Å². The first-order chi connectivity index (χ1) is 13.0. The quantitative estimate of drug-likeness (QED) is 0.722. The molecule has 0 spiro atoms. The van der Waals surface area contributed by atoms with Crippen LogP contribution in [0.5, 0.6) is 0 Å². The lowest BCUT2D eigenvalue weighted by Crippen LogP contribution is -2.27. The van der Waals surface area contributed by atoms with Crippen LogP contribution in [0.2, 0.25) is 0 Å². The van der Waals surface area contributed by atoms with Crippen LogP contribution in [0.3, 0.4) is 0 Å². The molecular weight excluding hydrogens is 344 g/mol. The fourth-order valence-corrected chi connectivity index (χ4v) is 2.32. The largest absolute Gasteiger partial charge is 0.463 e. The molecule has 0 bridgehead atoms. The summed E-state index contributed by atoms with van der Waals surface area (Å²) in [5.41, 5.74) is 8.55. The summed E-state index contributed by atoms with van der Waals surface area (Å²) in [7, 11) is 0. The van der Waals surface area contributed by atoms with Crippen LogP contribution in [-0.2, 0) is 11.3 Å². The minimum atomic E-state index is -0.421. The van der Waals surface area contributed by atoms with Gasteiger partial charge in [-0.1, -0.05) is 13.0 Å². The molecule has 2 heterocycles. The van der Waals surface area contributed by atoms with Gasteiger partial charge < -0.3 is 15.8 Å². The molecule has 0 atom stereocenters. The van der Waals surface area contributed by atoms with E-state index >= 15 is 0 Å². The van der Waals surface area contributed by atoms with Gasteiger partial charge >= 0.3 is 0 Å². The van der Waals surface area contributed by atoms with E-state index < -0.39 is 5.91 Å². The summed E-state index contributed by atoms with van der Waals surface area (Å²) < 4.78 is 5.58. The molecule has 2 rings (SSSR count). The number of carbonyl (C=O) groups excluding carboxylic acids is 1. The highest BCUT2D eigenvalue weighted by Gasteiger charge is 2.18. The van der Waals surface area contributed by atoms with Crippen LogP contribution in [0.4, 0.5) is 5.82 Å². The van der Waals surface area contributed by atoms with Crippen molar-refractivity contribution in [3.8, 4) is 0 Å². The molecule has 0 aromatic carbocycles. The predicted octanol–water partition coefficient (Wildman–Crippen LogP) is 2.70. The van der Waals surface area contributed by atoms with E-state index in [1.807, 2.05) is 26.8 Å². The number of hydrogen-bond acceptors (Lipinski definition) is 7. The van der Waals surface area contributed by atoms with E-state index in [4.69, 9.17) is 10.5 Å². The summed E-state index contributed by atoms with van der Waals surface area (Å²) in [6, 6.07) is 0. The molecule has 0 aliphatic rings. The van der Waals surface area contributed by atoms with Crippen LogP contribution in [0.25, 0.3) is 5.76 Å². The molecule has 2 aromatic rings. The number of allylic oxidation sites excluding steroid dienone is 2. The van der Waals surface area contributed by atoms with Crippen molar-refractivity contribution < 1.29 is 9.53 Å². The van der Waals surface area contributed by atoms with Crippen molar-refractivity contribution in [1.82, 2.24) is 25.3 Å². The summed E-state index contributed by atoms with van der Waals surface area (Å²) >= 11 is 0. The Morgan fingerprint density at radius 3 is 2.59 bits per heavy atom. The zero-order valence-corrected chi connectivity index (χ0v) is 16.0. The highest BCUT2D eigenvalue weighted by molar-refractivity contribution is 5.96. The molecule has 0 radical (unpaired) electrons. The van der Waals surface area contributed by atoms with Crippen LogP contribution in [0.15, 0.2) is 30.8 Å². The fourth-order valence-electron chi connectivity index (χ4n) is 2.32.